The van der Waals surface area contributed by atoms with Crippen molar-refractivity contribution in [1.82, 2.24) is 9.88 Å². The van der Waals surface area contributed by atoms with Gasteiger partial charge in [-0.25, -0.2) is 4.79 Å². The molecule has 1 aliphatic carbocycles. The number of hydrogen-bond donors (Lipinski definition) is 1. The van der Waals surface area contributed by atoms with E-state index in [1.165, 1.54) is 25.3 Å². The monoisotopic (exact) mass is 425 g/mol. The largest absolute Gasteiger partial charge is 0.448 e. The molecule has 0 saturated carbocycles. The predicted octanol–water partition coefficient (Wildman–Crippen LogP) is 4.61. The number of ether oxygens (including phenoxy) is 1. The highest BCUT2D eigenvalue weighted by atomic mass is 16.5. The van der Waals surface area contributed by atoms with Gasteiger partial charge < -0.3 is 14.6 Å². The van der Waals surface area contributed by atoms with Crippen LogP contribution in [-0.2, 0) is 20.9 Å². The maximum Gasteiger partial charge on any atom is 0.349 e. The number of rotatable bonds is 9. The van der Waals surface area contributed by atoms with Gasteiger partial charge in [0.05, 0.1) is 0 Å². The number of carbonyl (C=O) groups excluding carboxylic acids is 2. The number of hydrogen-bond acceptors (Lipinski definition) is 4. The molecule has 1 heterocycles. The van der Waals surface area contributed by atoms with Gasteiger partial charge in [0.1, 0.15) is 11.6 Å². The highest BCUT2D eigenvalue weighted by Gasteiger charge is 2.21. The summed E-state index contributed by atoms with van der Waals surface area (Å²) in [5.74, 6) is -0.651. The maximum atomic E-state index is 12.5. The van der Waals surface area contributed by atoms with Crippen molar-refractivity contribution in [3.05, 3.63) is 40.2 Å². The van der Waals surface area contributed by atoms with Crippen LogP contribution in [-0.4, -0.2) is 29.1 Å². The molecular weight excluding hydrogens is 390 g/mol. The Labute approximate surface area is 186 Å². The molecule has 0 aromatic carbocycles. The number of carbonyl (C=O) groups is 2. The molecule has 1 aromatic heterocycles. The van der Waals surface area contributed by atoms with Gasteiger partial charge in [-0.05, 0) is 76.5 Å². The lowest BCUT2D eigenvalue weighted by molar-refractivity contribution is -0.150. The number of allylic oxidation sites excluding steroid dienone is 1. The van der Waals surface area contributed by atoms with Crippen molar-refractivity contribution in [2.75, 3.05) is 6.54 Å². The van der Waals surface area contributed by atoms with Crippen LogP contribution in [0.2, 0.25) is 0 Å². The Balaban J connectivity index is 1.96. The van der Waals surface area contributed by atoms with Crippen LogP contribution in [0.4, 0.5) is 0 Å². The third-order valence-electron chi connectivity index (χ3n) is 5.58. The third kappa shape index (κ3) is 7.13. The number of esters is 1. The molecule has 6 heteroatoms. The van der Waals surface area contributed by atoms with Gasteiger partial charge in [0.15, 0.2) is 6.10 Å². The van der Waals surface area contributed by atoms with Gasteiger partial charge in [-0.2, -0.15) is 5.26 Å². The zero-order valence-electron chi connectivity index (χ0n) is 19.5. The molecule has 1 amide bonds. The molecule has 0 radical (unpaired) electrons. The summed E-state index contributed by atoms with van der Waals surface area (Å²) in [7, 11) is 0. The third-order valence-corrected chi connectivity index (χ3v) is 5.58. The van der Waals surface area contributed by atoms with E-state index in [-0.39, 0.29) is 11.5 Å². The SMILES string of the molecule is Cc1cc(/C=C(\C#N)C(=O)O[C@@H](C)C(=O)NCCC2=CCCCC2)c(C)n1CC(C)C. The molecule has 1 atom stereocenters. The molecule has 1 aromatic rings. The number of amides is 1. The second-order valence-electron chi connectivity index (χ2n) is 8.70. The van der Waals surface area contributed by atoms with E-state index in [0.717, 1.165) is 42.8 Å². The van der Waals surface area contributed by atoms with E-state index in [0.29, 0.717) is 12.5 Å². The van der Waals surface area contributed by atoms with Crippen LogP contribution in [0.5, 0.6) is 0 Å². The Kier molecular flexibility index (Phi) is 9.11. The summed E-state index contributed by atoms with van der Waals surface area (Å²) in [5.41, 5.74) is 4.14. The van der Waals surface area contributed by atoms with Crippen LogP contribution in [0.25, 0.3) is 6.08 Å². The molecule has 0 saturated heterocycles. The van der Waals surface area contributed by atoms with Crippen molar-refractivity contribution >= 4 is 18.0 Å². The van der Waals surface area contributed by atoms with Crippen LogP contribution in [0.15, 0.2) is 23.3 Å². The molecule has 2 rings (SSSR count). The van der Waals surface area contributed by atoms with Gasteiger partial charge in [-0.3, -0.25) is 4.79 Å². The van der Waals surface area contributed by atoms with Gasteiger partial charge in [0.25, 0.3) is 5.91 Å². The highest BCUT2D eigenvalue weighted by molar-refractivity contribution is 5.99. The van der Waals surface area contributed by atoms with Crippen LogP contribution in [0.3, 0.4) is 0 Å². The van der Waals surface area contributed by atoms with E-state index < -0.39 is 12.1 Å². The van der Waals surface area contributed by atoms with E-state index in [4.69, 9.17) is 4.74 Å². The van der Waals surface area contributed by atoms with E-state index >= 15 is 0 Å². The fourth-order valence-electron chi connectivity index (χ4n) is 3.81. The molecule has 0 spiro atoms. The molecule has 0 aliphatic heterocycles. The van der Waals surface area contributed by atoms with Gasteiger partial charge >= 0.3 is 5.97 Å². The molecule has 0 fully saturated rings. The van der Waals surface area contributed by atoms with E-state index in [1.807, 2.05) is 26.0 Å². The second kappa shape index (κ2) is 11.5. The van der Waals surface area contributed by atoms with Crippen molar-refractivity contribution < 1.29 is 14.3 Å². The van der Waals surface area contributed by atoms with Crippen molar-refractivity contribution in [3.63, 3.8) is 0 Å². The van der Waals surface area contributed by atoms with Crippen LogP contribution in [0.1, 0.15) is 69.8 Å². The summed E-state index contributed by atoms with van der Waals surface area (Å²) in [4.78, 5) is 24.8. The Morgan fingerprint density at radius 2 is 2.03 bits per heavy atom. The molecule has 168 valence electrons. The quantitative estimate of drug-likeness (QED) is 0.271. The van der Waals surface area contributed by atoms with Gasteiger partial charge in [0, 0.05) is 24.5 Å². The lowest BCUT2D eigenvalue weighted by atomic mass is 9.97. The van der Waals surface area contributed by atoms with Crippen LogP contribution in [0, 0.1) is 31.1 Å². The van der Waals surface area contributed by atoms with Crippen molar-refractivity contribution in [2.45, 2.75) is 79.4 Å². The number of aromatic nitrogens is 1. The number of nitriles is 1. The minimum atomic E-state index is -0.960. The fourth-order valence-corrected chi connectivity index (χ4v) is 3.81. The summed E-state index contributed by atoms with van der Waals surface area (Å²) in [6, 6.07) is 3.87. The maximum absolute atomic E-state index is 12.5. The normalized spacial score (nSPS) is 15.3. The van der Waals surface area contributed by atoms with Crippen molar-refractivity contribution in [1.29, 1.82) is 5.26 Å². The van der Waals surface area contributed by atoms with Crippen LogP contribution < -0.4 is 5.32 Å². The van der Waals surface area contributed by atoms with E-state index in [1.54, 1.807) is 6.08 Å². The van der Waals surface area contributed by atoms with Gasteiger partial charge in [-0.1, -0.05) is 25.5 Å². The predicted molar refractivity (Wildman–Crippen MR) is 122 cm³/mol. The first-order chi connectivity index (χ1) is 14.7. The Bertz CT molecular complexity index is 900. The zero-order chi connectivity index (χ0) is 23.0. The topological polar surface area (TPSA) is 84.1 Å². The molecule has 31 heavy (non-hydrogen) atoms. The summed E-state index contributed by atoms with van der Waals surface area (Å²) < 4.78 is 7.43. The Morgan fingerprint density at radius 1 is 1.29 bits per heavy atom. The molecular formula is C25H35N3O3. The number of nitrogens with zero attached hydrogens (tertiary/aromatic N) is 2. The minimum Gasteiger partial charge on any atom is -0.448 e. The first-order valence-electron chi connectivity index (χ1n) is 11.2. The Hall–Kier alpha value is -2.81. The van der Waals surface area contributed by atoms with Crippen LogP contribution >= 0.6 is 0 Å². The zero-order valence-corrected chi connectivity index (χ0v) is 19.5. The van der Waals surface area contributed by atoms with Gasteiger partial charge in [-0.15, -0.1) is 0 Å². The average Bonchev–Trinajstić information content (AvgIpc) is 2.99. The van der Waals surface area contributed by atoms with Gasteiger partial charge in [0.2, 0.25) is 0 Å². The van der Waals surface area contributed by atoms with E-state index in [2.05, 4.69) is 29.8 Å². The second-order valence-corrected chi connectivity index (χ2v) is 8.70. The summed E-state index contributed by atoms with van der Waals surface area (Å²) >= 11 is 0. The fraction of sp³-hybridized carbons (Fsp3) is 0.560. The highest BCUT2D eigenvalue weighted by Crippen LogP contribution is 2.21. The minimum absolute atomic E-state index is 0.114. The number of aryl methyl sites for hydroxylation is 1. The molecule has 0 bridgehead atoms. The van der Waals surface area contributed by atoms with Crippen molar-refractivity contribution in [2.24, 2.45) is 5.92 Å². The molecule has 6 nitrogen and oxygen atoms in total. The summed E-state index contributed by atoms with van der Waals surface area (Å²) in [6.45, 7) is 11.2. The standard InChI is InChI=1S/C25H35N3O3/c1-17(2)16-28-18(3)13-22(19(28)4)14-23(15-26)25(30)31-20(5)24(29)27-12-11-21-9-7-6-8-10-21/h9,13-14,17,20H,6-8,10-12,16H2,1-5H3,(H,27,29)/b23-14+/t20-/m0/s1. The first kappa shape index (κ1) is 24.5. The number of nitrogens with one attached hydrogen (secondary N) is 1. The summed E-state index contributed by atoms with van der Waals surface area (Å²) in [5, 5.41) is 12.3. The molecule has 1 N–H and O–H groups in total. The van der Waals surface area contributed by atoms with E-state index in [9.17, 15) is 14.9 Å². The lowest BCUT2D eigenvalue weighted by Crippen LogP contribution is -2.36. The van der Waals surface area contributed by atoms with Crippen molar-refractivity contribution in [3.8, 4) is 6.07 Å². The first-order valence-corrected chi connectivity index (χ1v) is 11.2. The lowest BCUT2D eigenvalue weighted by Gasteiger charge is -2.15. The molecule has 1 aliphatic rings. The average molecular weight is 426 g/mol. The Morgan fingerprint density at radius 3 is 2.65 bits per heavy atom. The molecule has 0 unspecified atom stereocenters. The smallest absolute Gasteiger partial charge is 0.349 e. The summed E-state index contributed by atoms with van der Waals surface area (Å²) in [6.07, 6.45) is 8.30.